The van der Waals surface area contributed by atoms with Gasteiger partial charge >= 0.3 is 11.9 Å². The van der Waals surface area contributed by atoms with Crippen LogP contribution in [0.2, 0.25) is 0 Å². The number of aryl methyl sites for hydroxylation is 1. The fourth-order valence-electron chi connectivity index (χ4n) is 3.92. The Morgan fingerprint density at radius 2 is 1.90 bits per heavy atom. The van der Waals surface area contributed by atoms with E-state index in [-0.39, 0.29) is 17.0 Å². The summed E-state index contributed by atoms with van der Waals surface area (Å²) in [6, 6.07) is 4.90. The van der Waals surface area contributed by atoms with Gasteiger partial charge in [-0.3, -0.25) is 23.7 Å². The lowest BCUT2D eigenvalue weighted by Gasteiger charge is -2.25. The maximum absolute atomic E-state index is 13.9. The predicted molar refractivity (Wildman–Crippen MR) is 104 cm³/mol. The molecule has 31 heavy (non-hydrogen) atoms. The zero-order valence-corrected chi connectivity index (χ0v) is 16.7. The molecule has 3 aromatic heterocycles. The van der Waals surface area contributed by atoms with Crippen LogP contribution in [0.15, 0.2) is 40.1 Å². The highest BCUT2D eigenvalue weighted by molar-refractivity contribution is 5.92. The summed E-state index contributed by atoms with van der Waals surface area (Å²) in [5.41, 5.74) is -3.26. The third-order valence-corrected chi connectivity index (χ3v) is 5.47. The summed E-state index contributed by atoms with van der Waals surface area (Å²) in [4.78, 5) is 47.4. The molecule has 0 radical (unpaired) electrons. The van der Waals surface area contributed by atoms with Crippen molar-refractivity contribution in [2.45, 2.75) is 25.1 Å². The van der Waals surface area contributed by atoms with Crippen molar-refractivity contribution in [1.82, 2.24) is 24.0 Å². The topological polar surface area (TPSA) is 90.1 Å². The molecular formula is C20H18F3N5O3. The van der Waals surface area contributed by atoms with Crippen molar-refractivity contribution in [3.05, 3.63) is 68.3 Å². The molecule has 1 amide bonds. The van der Waals surface area contributed by atoms with Crippen LogP contribution in [0.5, 0.6) is 0 Å². The molecule has 1 aliphatic heterocycles. The van der Waals surface area contributed by atoms with E-state index in [1.807, 2.05) is 0 Å². The molecule has 0 aliphatic carbocycles. The molecule has 1 fully saturated rings. The normalized spacial score (nSPS) is 16.8. The van der Waals surface area contributed by atoms with E-state index in [1.54, 1.807) is 12.1 Å². The lowest BCUT2D eigenvalue weighted by atomic mass is 10.0. The zero-order chi connectivity index (χ0) is 22.5. The van der Waals surface area contributed by atoms with Gasteiger partial charge in [0.2, 0.25) is 0 Å². The Labute approximate surface area is 173 Å². The van der Waals surface area contributed by atoms with E-state index in [0.717, 1.165) is 17.7 Å². The summed E-state index contributed by atoms with van der Waals surface area (Å²) >= 11 is 0. The van der Waals surface area contributed by atoms with E-state index >= 15 is 0 Å². The average Bonchev–Trinajstić information content (AvgIpc) is 3.24. The van der Waals surface area contributed by atoms with Gasteiger partial charge in [0.05, 0.1) is 22.7 Å². The monoisotopic (exact) mass is 433 g/mol. The highest BCUT2D eigenvalue weighted by Gasteiger charge is 2.39. The van der Waals surface area contributed by atoms with Gasteiger partial charge in [0.25, 0.3) is 11.5 Å². The standard InChI is InChI=1S/C20H18F3N5O3/c1-26-16-15(18(30)27(2)19(26)31)11(20(21,22)23)10-13(25-16)14-7-5-9-28(14)17(29)12-6-3-4-8-24-12/h3-4,6,8,10,14H,5,7,9H2,1-2H3/t14-/m1/s1. The van der Waals surface area contributed by atoms with Gasteiger partial charge in [-0.15, -0.1) is 0 Å². The SMILES string of the molecule is Cn1c(=O)c2c(C(F)(F)F)cc([C@H]3CCCN3C(=O)c3ccccn3)nc2n(C)c1=O. The van der Waals surface area contributed by atoms with Crippen molar-refractivity contribution in [3.63, 3.8) is 0 Å². The molecule has 8 nitrogen and oxygen atoms in total. The Bertz CT molecular complexity index is 1300. The molecule has 0 N–H and O–H groups in total. The van der Waals surface area contributed by atoms with Crippen LogP contribution in [0, 0.1) is 0 Å². The van der Waals surface area contributed by atoms with Gasteiger partial charge < -0.3 is 4.90 Å². The molecule has 0 bridgehead atoms. The van der Waals surface area contributed by atoms with Crippen LogP contribution in [0.1, 0.15) is 40.6 Å². The molecule has 1 saturated heterocycles. The molecule has 0 saturated carbocycles. The number of nitrogens with zero attached hydrogens (tertiary/aromatic N) is 5. The van der Waals surface area contributed by atoms with Crippen LogP contribution in [0.25, 0.3) is 11.0 Å². The van der Waals surface area contributed by atoms with E-state index < -0.39 is 40.3 Å². The van der Waals surface area contributed by atoms with Gasteiger partial charge in [-0.1, -0.05) is 6.07 Å². The summed E-state index contributed by atoms with van der Waals surface area (Å²) in [5.74, 6) is -0.420. The molecule has 162 valence electrons. The number of hydrogen-bond donors (Lipinski definition) is 0. The average molecular weight is 433 g/mol. The molecule has 0 unspecified atom stereocenters. The highest BCUT2D eigenvalue weighted by atomic mass is 19.4. The predicted octanol–water partition coefficient (Wildman–Crippen LogP) is 2.02. The van der Waals surface area contributed by atoms with E-state index in [0.29, 0.717) is 24.0 Å². The van der Waals surface area contributed by atoms with Gasteiger partial charge in [-0.05, 0) is 31.0 Å². The molecule has 1 atom stereocenters. The van der Waals surface area contributed by atoms with Gasteiger partial charge in [0, 0.05) is 26.8 Å². The number of likely N-dealkylation sites (tertiary alicyclic amines) is 1. The number of halogens is 3. The molecule has 3 aromatic rings. The van der Waals surface area contributed by atoms with E-state index in [4.69, 9.17) is 0 Å². The Morgan fingerprint density at radius 3 is 2.55 bits per heavy atom. The number of carbonyl (C=O) groups is 1. The Balaban J connectivity index is 1.93. The number of rotatable bonds is 2. The van der Waals surface area contributed by atoms with Crippen LogP contribution in [-0.4, -0.2) is 36.5 Å². The number of alkyl halides is 3. The first-order valence-electron chi connectivity index (χ1n) is 9.51. The Kier molecular flexibility index (Phi) is 4.91. The van der Waals surface area contributed by atoms with Crippen LogP contribution in [-0.2, 0) is 20.3 Å². The fourth-order valence-corrected chi connectivity index (χ4v) is 3.92. The van der Waals surface area contributed by atoms with Crippen molar-refractivity contribution in [2.24, 2.45) is 14.1 Å². The first kappa shape index (κ1) is 20.8. The molecule has 0 aromatic carbocycles. The fraction of sp³-hybridized carbons (Fsp3) is 0.350. The lowest BCUT2D eigenvalue weighted by molar-refractivity contribution is -0.136. The van der Waals surface area contributed by atoms with Crippen LogP contribution < -0.4 is 11.2 Å². The first-order valence-corrected chi connectivity index (χ1v) is 9.51. The second-order valence-corrected chi connectivity index (χ2v) is 7.37. The zero-order valence-electron chi connectivity index (χ0n) is 16.7. The minimum Gasteiger partial charge on any atom is -0.329 e. The van der Waals surface area contributed by atoms with Crippen molar-refractivity contribution in [2.75, 3.05) is 6.54 Å². The second kappa shape index (κ2) is 7.33. The third kappa shape index (κ3) is 3.39. The Morgan fingerprint density at radius 1 is 1.16 bits per heavy atom. The molecule has 4 heterocycles. The number of amides is 1. The minimum atomic E-state index is -4.85. The van der Waals surface area contributed by atoms with E-state index in [1.165, 1.54) is 24.2 Å². The quantitative estimate of drug-likeness (QED) is 0.617. The number of carbonyl (C=O) groups excluding carboxylic acids is 1. The Hall–Kier alpha value is -3.50. The maximum Gasteiger partial charge on any atom is 0.417 e. The van der Waals surface area contributed by atoms with Gasteiger partial charge in [0.15, 0.2) is 0 Å². The lowest BCUT2D eigenvalue weighted by Crippen LogP contribution is -2.39. The molecular weight excluding hydrogens is 415 g/mol. The maximum atomic E-state index is 13.9. The van der Waals surface area contributed by atoms with Crippen LogP contribution >= 0.6 is 0 Å². The number of pyridine rings is 2. The molecule has 4 rings (SSSR count). The molecule has 11 heteroatoms. The summed E-state index contributed by atoms with van der Waals surface area (Å²) in [7, 11) is 2.37. The van der Waals surface area contributed by atoms with Crippen molar-refractivity contribution in [1.29, 1.82) is 0 Å². The first-order chi connectivity index (χ1) is 14.6. The minimum absolute atomic E-state index is 0.0233. The van der Waals surface area contributed by atoms with Crippen LogP contribution in [0.4, 0.5) is 13.2 Å². The summed E-state index contributed by atoms with van der Waals surface area (Å²) < 4.78 is 43.2. The molecule has 0 spiro atoms. The largest absolute Gasteiger partial charge is 0.417 e. The third-order valence-electron chi connectivity index (χ3n) is 5.47. The summed E-state index contributed by atoms with van der Waals surface area (Å²) in [6.07, 6.45) is -2.43. The van der Waals surface area contributed by atoms with Crippen molar-refractivity contribution < 1.29 is 18.0 Å². The summed E-state index contributed by atoms with van der Waals surface area (Å²) in [5, 5.41) is -0.679. The van der Waals surface area contributed by atoms with Crippen molar-refractivity contribution >= 4 is 16.9 Å². The van der Waals surface area contributed by atoms with Gasteiger partial charge in [0.1, 0.15) is 11.3 Å². The second-order valence-electron chi connectivity index (χ2n) is 7.37. The summed E-state index contributed by atoms with van der Waals surface area (Å²) in [6.45, 7) is 0.330. The molecule has 1 aliphatic rings. The van der Waals surface area contributed by atoms with Crippen molar-refractivity contribution in [3.8, 4) is 0 Å². The van der Waals surface area contributed by atoms with Gasteiger partial charge in [-0.2, -0.15) is 13.2 Å². The number of hydrogen-bond acceptors (Lipinski definition) is 5. The van der Waals surface area contributed by atoms with Crippen LogP contribution in [0.3, 0.4) is 0 Å². The number of fused-ring (bicyclic) bond motifs is 1. The highest BCUT2D eigenvalue weighted by Crippen LogP contribution is 2.38. The van der Waals surface area contributed by atoms with E-state index in [9.17, 15) is 27.6 Å². The van der Waals surface area contributed by atoms with E-state index in [2.05, 4.69) is 9.97 Å². The smallest absolute Gasteiger partial charge is 0.329 e. The number of aromatic nitrogens is 4. The van der Waals surface area contributed by atoms with Gasteiger partial charge in [-0.25, -0.2) is 9.78 Å².